The van der Waals surface area contributed by atoms with Gasteiger partial charge in [-0.3, -0.25) is 0 Å². The molecule has 1 aliphatic carbocycles. The van der Waals surface area contributed by atoms with Crippen LogP contribution in [0.1, 0.15) is 37.3 Å². The summed E-state index contributed by atoms with van der Waals surface area (Å²) in [7, 11) is -3.01. The minimum atomic E-state index is -3.01. The summed E-state index contributed by atoms with van der Waals surface area (Å²) in [6.45, 7) is 0. The molecule has 0 saturated heterocycles. The van der Waals surface area contributed by atoms with E-state index in [0.717, 1.165) is 24.8 Å². The lowest BCUT2D eigenvalue weighted by Gasteiger charge is -2.32. The first kappa shape index (κ1) is 15.9. The minimum absolute atomic E-state index is 0.126. The van der Waals surface area contributed by atoms with Crippen molar-refractivity contribution in [2.24, 2.45) is 11.7 Å². The third-order valence-corrected chi connectivity index (χ3v) is 6.36. The lowest BCUT2D eigenvalue weighted by atomic mass is 9.81. The van der Waals surface area contributed by atoms with Crippen LogP contribution in [0.2, 0.25) is 0 Å². The fraction of sp³-hybridized carbons (Fsp3) is 0.571. The van der Waals surface area contributed by atoms with Crippen LogP contribution in [-0.2, 0) is 9.84 Å². The number of rotatable bonds is 3. The van der Waals surface area contributed by atoms with Crippen molar-refractivity contribution in [3.63, 3.8) is 0 Å². The molecule has 3 atom stereocenters. The molecule has 0 bridgehead atoms. The third-order valence-electron chi connectivity index (χ3n) is 4.11. The van der Waals surface area contributed by atoms with Crippen LogP contribution in [0.5, 0.6) is 0 Å². The molecule has 112 valence electrons. The summed E-state index contributed by atoms with van der Waals surface area (Å²) in [4.78, 5) is 0. The Morgan fingerprint density at radius 3 is 2.70 bits per heavy atom. The van der Waals surface area contributed by atoms with Crippen LogP contribution in [0.25, 0.3) is 0 Å². The second-order valence-electron chi connectivity index (χ2n) is 5.58. The molecule has 1 fully saturated rings. The Morgan fingerprint density at radius 2 is 2.10 bits per heavy atom. The van der Waals surface area contributed by atoms with Gasteiger partial charge in [0, 0.05) is 12.3 Å². The van der Waals surface area contributed by atoms with Gasteiger partial charge in [0.1, 0.15) is 15.7 Å². The van der Waals surface area contributed by atoms with Crippen LogP contribution < -0.4 is 5.73 Å². The molecule has 0 amide bonds. The van der Waals surface area contributed by atoms with E-state index in [4.69, 9.17) is 5.73 Å². The highest BCUT2D eigenvalue weighted by Crippen LogP contribution is 2.36. The van der Waals surface area contributed by atoms with Gasteiger partial charge in [-0.05, 0) is 58.8 Å². The second-order valence-corrected chi connectivity index (χ2v) is 8.76. The number of nitrogens with two attached hydrogens (primary N) is 1. The summed E-state index contributed by atoms with van der Waals surface area (Å²) in [5.74, 6) is -0.195. The van der Waals surface area contributed by atoms with Crippen LogP contribution in [-0.4, -0.2) is 19.9 Å². The molecule has 0 heterocycles. The topological polar surface area (TPSA) is 60.2 Å². The van der Waals surface area contributed by atoms with Gasteiger partial charge in [-0.25, -0.2) is 12.8 Å². The van der Waals surface area contributed by atoms with E-state index in [1.807, 2.05) is 0 Å². The molecule has 1 saturated carbocycles. The molecule has 3 nitrogen and oxygen atoms in total. The molecule has 1 aliphatic rings. The van der Waals surface area contributed by atoms with Gasteiger partial charge in [0.2, 0.25) is 0 Å². The summed E-state index contributed by atoms with van der Waals surface area (Å²) >= 11 is 3.16. The van der Waals surface area contributed by atoms with E-state index in [1.54, 1.807) is 12.1 Å². The molecular formula is C14H19BrFNO2S. The number of hydrogen-bond acceptors (Lipinski definition) is 3. The molecule has 2 N–H and O–H groups in total. The van der Waals surface area contributed by atoms with E-state index in [-0.39, 0.29) is 23.0 Å². The molecule has 0 aromatic heterocycles. The zero-order chi connectivity index (χ0) is 14.9. The van der Waals surface area contributed by atoms with Gasteiger partial charge < -0.3 is 5.73 Å². The van der Waals surface area contributed by atoms with Crippen molar-refractivity contribution in [2.45, 2.75) is 37.0 Å². The highest BCUT2D eigenvalue weighted by Gasteiger charge is 2.32. The standard InChI is InChI=1S/C14H19BrFNO2S/c1-20(18,19)11-4-2-3-9(7-11)14(17)10-5-6-13(16)12(15)8-10/h5-6,8-9,11,14H,2-4,7,17H2,1H3. The first-order chi connectivity index (χ1) is 9.29. The molecule has 0 aliphatic heterocycles. The van der Waals surface area contributed by atoms with Crippen LogP contribution in [0.4, 0.5) is 4.39 Å². The highest BCUT2D eigenvalue weighted by molar-refractivity contribution is 9.10. The van der Waals surface area contributed by atoms with E-state index >= 15 is 0 Å². The van der Waals surface area contributed by atoms with Gasteiger partial charge in [0.25, 0.3) is 0 Å². The number of hydrogen-bond donors (Lipinski definition) is 1. The maximum atomic E-state index is 13.3. The van der Waals surface area contributed by atoms with Gasteiger partial charge >= 0.3 is 0 Å². The molecule has 6 heteroatoms. The van der Waals surface area contributed by atoms with Crippen LogP contribution >= 0.6 is 15.9 Å². The Balaban J connectivity index is 2.16. The van der Waals surface area contributed by atoms with Gasteiger partial charge in [-0.1, -0.05) is 12.5 Å². The van der Waals surface area contributed by atoms with Crippen LogP contribution in [0.15, 0.2) is 22.7 Å². The van der Waals surface area contributed by atoms with Gasteiger partial charge in [-0.2, -0.15) is 0 Å². The smallest absolute Gasteiger partial charge is 0.150 e. The SMILES string of the molecule is CS(=O)(=O)C1CCCC(C(N)c2ccc(F)c(Br)c2)C1. The van der Waals surface area contributed by atoms with Crippen molar-refractivity contribution in [2.75, 3.05) is 6.26 Å². The normalized spacial score (nSPS) is 25.4. The van der Waals surface area contributed by atoms with Gasteiger partial charge in [0.15, 0.2) is 0 Å². The molecule has 0 radical (unpaired) electrons. The number of sulfone groups is 1. The van der Waals surface area contributed by atoms with E-state index in [0.29, 0.717) is 10.9 Å². The first-order valence-electron chi connectivity index (χ1n) is 6.68. The predicted molar refractivity (Wildman–Crippen MR) is 81.6 cm³/mol. The van der Waals surface area contributed by atoms with Gasteiger partial charge in [0.05, 0.1) is 9.72 Å². The quantitative estimate of drug-likeness (QED) is 0.896. The monoisotopic (exact) mass is 363 g/mol. The zero-order valence-electron chi connectivity index (χ0n) is 11.4. The zero-order valence-corrected chi connectivity index (χ0v) is 13.8. The lowest BCUT2D eigenvalue weighted by Crippen LogP contribution is -2.33. The van der Waals surface area contributed by atoms with E-state index < -0.39 is 9.84 Å². The molecular weight excluding hydrogens is 345 g/mol. The molecule has 20 heavy (non-hydrogen) atoms. The molecule has 1 aromatic rings. The van der Waals surface area contributed by atoms with Crippen molar-refractivity contribution in [3.05, 3.63) is 34.1 Å². The van der Waals surface area contributed by atoms with Crippen LogP contribution in [0, 0.1) is 11.7 Å². The summed E-state index contributed by atoms with van der Waals surface area (Å²) in [5, 5.41) is -0.295. The first-order valence-corrected chi connectivity index (χ1v) is 9.43. The van der Waals surface area contributed by atoms with E-state index in [2.05, 4.69) is 15.9 Å². The Kier molecular flexibility index (Phi) is 4.87. The number of benzene rings is 1. The van der Waals surface area contributed by atoms with E-state index in [9.17, 15) is 12.8 Å². The van der Waals surface area contributed by atoms with E-state index in [1.165, 1.54) is 12.3 Å². The molecule has 2 rings (SSSR count). The lowest BCUT2D eigenvalue weighted by molar-refractivity contribution is 0.308. The summed E-state index contributed by atoms with van der Waals surface area (Å²) < 4.78 is 37.0. The maximum absolute atomic E-state index is 13.3. The maximum Gasteiger partial charge on any atom is 0.150 e. The second kappa shape index (κ2) is 6.12. The predicted octanol–water partition coefficient (Wildman–Crippen LogP) is 3.19. The summed E-state index contributed by atoms with van der Waals surface area (Å²) in [6, 6.07) is 4.49. The highest BCUT2D eigenvalue weighted by atomic mass is 79.9. The van der Waals surface area contributed by atoms with Crippen molar-refractivity contribution in [1.82, 2.24) is 0 Å². The third kappa shape index (κ3) is 3.59. The van der Waals surface area contributed by atoms with Crippen molar-refractivity contribution < 1.29 is 12.8 Å². The van der Waals surface area contributed by atoms with Crippen molar-refractivity contribution >= 4 is 25.8 Å². The average Bonchev–Trinajstić information content (AvgIpc) is 2.40. The van der Waals surface area contributed by atoms with Crippen molar-refractivity contribution in [3.8, 4) is 0 Å². The summed E-state index contributed by atoms with van der Waals surface area (Å²) in [5.41, 5.74) is 7.10. The Labute approximate surface area is 127 Å². The fourth-order valence-corrected chi connectivity index (χ4v) is 4.48. The number of halogens is 2. The van der Waals surface area contributed by atoms with Crippen LogP contribution in [0.3, 0.4) is 0 Å². The largest absolute Gasteiger partial charge is 0.324 e. The molecule has 3 unspecified atom stereocenters. The van der Waals surface area contributed by atoms with Crippen molar-refractivity contribution in [1.29, 1.82) is 0 Å². The Bertz CT molecular complexity index is 591. The Morgan fingerprint density at radius 1 is 1.40 bits per heavy atom. The fourth-order valence-electron chi connectivity index (χ4n) is 2.89. The minimum Gasteiger partial charge on any atom is -0.324 e. The molecule has 1 aromatic carbocycles. The molecule has 0 spiro atoms. The average molecular weight is 364 g/mol. The Hall–Kier alpha value is -0.460. The summed E-state index contributed by atoms with van der Waals surface area (Å²) in [6.07, 6.45) is 4.39. The van der Waals surface area contributed by atoms with Gasteiger partial charge in [-0.15, -0.1) is 0 Å².